The minimum atomic E-state index is -0.763. The summed E-state index contributed by atoms with van der Waals surface area (Å²) < 4.78 is 4.75. The Hall–Kier alpha value is -1.15. The summed E-state index contributed by atoms with van der Waals surface area (Å²) in [5, 5.41) is 16.3. The van der Waals surface area contributed by atoms with Crippen LogP contribution in [0.3, 0.4) is 0 Å². The number of aryl methyl sites for hydroxylation is 1. The van der Waals surface area contributed by atoms with Crippen LogP contribution in [0.25, 0.3) is 0 Å². The lowest BCUT2D eigenvalue weighted by Gasteiger charge is -2.10. The average Bonchev–Trinajstić information content (AvgIpc) is 3.01. The lowest BCUT2D eigenvalue weighted by Crippen LogP contribution is -2.28. The fourth-order valence-corrected chi connectivity index (χ4v) is 3.48. The van der Waals surface area contributed by atoms with Crippen LogP contribution in [0.15, 0.2) is 12.1 Å². The normalized spacial score (nSPS) is 12.2. The van der Waals surface area contributed by atoms with Crippen LogP contribution in [0.5, 0.6) is 0 Å². The number of hydrogen-bond acceptors (Lipinski definition) is 6. The fourth-order valence-electron chi connectivity index (χ4n) is 1.69. The van der Waals surface area contributed by atoms with Crippen LogP contribution >= 0.6 is 34.5 Å². The van der Waals surface area contributed by atoms with Gasteiger partial charge in [-0.1, -0.05) is 11.6 Å². The molecule has 2 rings (SSSR count). The van der Waals surface area contributed by atoms with E-state index < -0.39 is 6.10 Å². The summed E-state index contributed by atoms with van der Waals surface area (Å²) >= 11 is 8.35. The Kier molecular flexibility index (Phi) is 4.98. The third-order valence-corrected chi connectivity index (χ3v) is 4.98. The third-order valence-electron chi connectivity index (χ3n) is 2.70. The highest BCUT2D eigenvalue weighted by Gasteiger charge is 2.19. The van der Waals surface area contributed by atoms with Gasteiger partial charge in [0.05, 0.1) is 15.6 Å². The molecule has 0 aliphatic rings. The predicted octanol–water partition coefficient (Wildman–Crippen LogP) is 2.67. The summed E-state index contributed by atoms with van der Waals surface area (Å²) in [7, 11) is 1.74. The molecule has 20 heavy (non-hydrogen) atoms. The van der Waals surface area contributed by atoms with E-state index >= 15 is 0 Å². The molecular weight excluding hydrogens is 318 g/mol. The zero-order valence-electron chi connectivity index (χ0n) is 10.9. The molecule has 0 aliphatic carbocycles. The third kappa shape index (κ3) is 3.29. The van der Waals surface area contributed by atoms with Crippen molar-refractivity contribution in [1.82, 2.24) is 9.69 Å². The van der Waals surface area contributed by atoms with Gasteiger partial charge >= 0.3 is 0 Å². The Labute approximate surface area is 129 Å². The van der Waals surface area contributed by atoms with Gasteiger partial charge in [0.2, 0.25) is 0 Å². The zero-order chi connectivity index (χ0) is 14.7. The predicted molar refractivity (Wildman–Crippen MR) is 83.0 cm³/mol. The smallest absolute Gasteiger partial charge is 0.256 e. The maximum absolute atomic E-state index is 12.1. The van der Waals surface area contributed by atoms with Gasteiger partial charge in [-0.3, -0.25) is 4.79 Å². The first-order valence-corrected chi connectivity index (χ1v) is 7.85. The Morgan fingerprint density at radius 3 is 2.90 bits per heavy atom. The number of nitrogens with one attached hydrogen (secondary N) is 2. The molecule has 5 nitrogen and oxygen atoms in total. The van der Waals surface area contributed by atoms with Crippen LogP contribution in [0.2, 0.25) is 4.34 Å². The minimum Gasteiger partial charge on any atom is -0.386 e. The van der Waals surface area contributed by atoms with Crippen molar-refractivity contribution in [1.29, 1.82) is 0 Å². The van der Waals surface area contributed by atoms with Gasteiger partial charge in [0.1, 0.15) is 11.1 Å². The van der Waals surface area contributed by atoms with E-state index in [2.05, 4.69) is 15.0 Å². The van der Waals surface area contributed by atoms with Crippen LogP contribution in [-0.4, -0.2) is 29.0 Å². The first kappa shape index (κ1) is 15.2. The second kappa shape index (κ2) is 6.53. The highest BCUT2D eigenvalue weighted by molar-refractivity contribution is 7.16. The molecule has 0 saturated carbocycles. The summed E-state index contributed by atoms with van der Waals surface area (Å²) in [5.74, 6) is -0.248. The molecule has 1 unspecified atom stereocenters. The molecule has 8 heteroatoms. The van der Waals surface area contributed by atoms with E-state index in [1.807, 2.05) is 0 Å². The number of nitrogens with zero attached hydrogens (tertiary/aromatic N) is 1. The number of carbonyl (C=O) groups is 1. The molecule has 0 radical (unpaired) electrons. The number of aromatic nitrogens is 1. The molecule has 0 fully saturated rings. The molecule has 0 spiro atoms. The quantitative estimate of drug-likeness (QED) is 0.787. The minimum absolute atomic E-state index is 0.133. The van der Waals surface area contributed by atoms with Crippen molar-refractivity contribution in [3.8, 4) is 0 Å². The topological polar surface area (TPSA) is 74.2 Å². The van der Waals surface area contributed by atoms with E-state index in [0.29, 0.717) is 20.6 Å². The number of halogens is 1. The summed E-state index contributed by atoms with van der Waals surface area (Å²) in [6, 6.07) is 3.47. The summed E-state index contributed by atoms with van der Waals surface area (Å²) in [5.41, 5.74) is 1.19. The van der Waals surface area contributed by atoms with Gasteiger partial charge < -0.3 is 15.7 Å². The van der Waals surface area contributed by atoms with Crippen LogP contribution in [0.1, 0.15) is 27.0 Å². The molecule has 2 aromatic heterocycles. The number of rotatable bonds is 5. The Balaban J connectivity index is 2.00. The largest absolute Gasteiger partial charge is 0.386 e. The van der Waals surface area contributed by atoms with Gasteiger partial charge in [-0.15, -0.1) is 11.3 Å². The summed E-state index contributed by atoms with van der Waals surface area (Å²) in [6.45, 7) is 1.91. The molecule has 2 heterocycles. The summed E-state index contributed by atoms with van der Waals surface area (Å²) in [6.07, 6.45) is -0.763. The second-order valence-corrected chi connectivity index (χ2v) is 6.61. The van der Waals surface area contributed by atoms with Gasteiger partial charge in [-0.2, -0.15) is 4.37 Å². The van der Waals surface area contributed by atoms with Crippen molar-refractivity contribution in [2.75, 3.05) is 18.9 Å². The SMILES string of the molecule is CNc1snc(C)c1C(=O)NCC(O)c1ccc(Cl)s1. The van der Waals surface area contributed by atoms with Crippen molar-refractivity contribution >= 4 is 45.4 Å². The van der Waals surface area contributed by atoms with Crippen LogP contribution in [0, 0.1) is 6.92 Å². The van der Waals surface area contributed by atoms with E-state index in [0.717, 1.165) is 4.88 Å². The van der Waals surface area contributed by atoms with Crippen LogP contribution in [0.4, 0.5) is 5.00 Å². The molecule has 0 aliphatic heterocycles. The monoisotopic (exact) mass is 331 g/mol. The van der Waals surface area contributed by atoms with Crippen molar-refractivity contribution in [3.05, 3.63) is 32.6 Å². The van der Waals surface area contributed by atoms with Gasteiger partial charge in [0.25, 0.3) is 5.91 Å². The maximum atomic E-state index is 12.1. The maximum Gasteiger partial charge on any atom is 0.256 e. The van der Waals surface area contributed by atoms with E-state index in [1.54, 1.807) is 26.1 Å². The highest BCUT2D eigenvalue weighted by atomic mass is 35.5. The van der Waals surface area contributed by atoms with Crippen LogP contribution < -0.4 is 10.6 Å². The molecule has 0 saturated heterocycles. The Bertz CT molecular complexity index is 612. The zero-order valence-corrected chi connectivity index (χ0v) is 13.3. The molecule has 1 amide bonds. The number of thiophene rings is 1. The van der Waals surface area contributed by atoms with Crippen molar-refractivity contribution in [2.24, 2.45) is 0 Å². The molecular formula is C12H14ClN3O2S2. The van der Waals surface area contributed by atoms with Gasteiger partial charge in [0.15, 0.2) is 0 Å². The van der Waals surface area contributed by atoms with E-state index in [9.17, 15) is 9.90 Å². The Morgan fingerprint density at radius 2 is 2.30 bits per heavy atom. The number of hydrogen-bond donors (Lipinski definition) is 3. The molecule has 1 atom stereocenters. The molecule has 3 N–H and O–H groups in total. The Morgan fingerprint density at radius 1 is 1.55 bits per heavy atom. The lowest BCUT2D eigenvalue weighted by atomic mass is 10.2. The van der Waals surface area contributed by atoms with Gasteiger partial charge in [-0.05, 0) is 30.6 Å². The number of aliphatic hydroxyl groups is 1. The van der Waals surface area contributed by atoms with Crippen molar-refractivity contribution in [3.63, 3.8) is 0 Å². The summed E-state index contributed by atoms with van der Waals surface area (Å²) in [4.78, 5) is 12.9. The van der Waals surface area contributed by atoms with Crippen molar-refractivity contribution in [2.45, 2.75) is 13.0 Å². The van der Waals surface area contributed by atoms with E-state index in [4.69, 9.17) is 11.6 Å². The molecule has 0 bridgehead atoms. The fraction of sp³-hybridized carbons (Fsp3) is 0.333. The highest BCUT2D eigenvalue weighted by Crippen LogP contribution is 2.27. The standard InChI is InChI=1S/C12H14ClN3O2S2/c1-6-10(12(14-2)20-16-6)11(18)15-5-7(17)8-3-4-9(13)19-8/h3-4,7,14,17H,5H2,1-2H3,(H,15,18). The number of aliphatic hydroxyl groups excluding tert-OH is 1. The van der Waals surface area contributed by atoms with Gasteiger partial charge in [-0.25, -0.2) is 0 Å². The van der Waals surface area contributed by atoms with E-state index in [1.165, 1.54) is 22.9 Å². The average molecular weight is 332 g/mol. The van der Waals surface area contributed by atoms with E-state index in [-0.39, 0.29) is 12.5 Å². The van der Waals surface area contributed by atoms with Crippen LogP contribution in [-0.2, 0) is 0 Å². The second-order valence-electron chi connectivity index (χ2n) is 4.09. The van der Waals surface area contributed by atoms with Crippen molar-refractivity contribution < 1.29 is 9.90 Å². The first-order chi connectivity index (χ1) is 9.52. The lowest BCUT2D eigenvalue weighted by molar-refractivity contribution is 0.0918. The molecule has 108 valence electrons. The number of amides is 1. The first-order valence-electron chi connectivity index (χ1n) is 5.88. The van der Waals surface area contributed by atoms with Gasteiger partial charge in [0, 0.05) is 18.5 Å². The number of anilines is 1. The number of carbonyl (C=O) groups excluding carboxylic acids is 1. The molecule has 2 aromatic rings. The molecule has 0 aromatic carbocycles.